The van der Waals surface area contributed by atoms with Gasteiger partial charge >= 0.3 is 18.3 Å². The van der Waals surface area contributed by atoms with Gasteiger partial charge in [-0.05, 0) is 105 Å². The normalized spacial score (nSPS) is 17.4. The van der Waals surface area contributed by atoms with Crippen molar-refractivity contribution >= 4 is 28.8 Å². The minimum Gasteiger partial charge on any atom is -0.481 e. The number of ketones is 1. The first kappa shape index (κ1) is 34.9. The zero-order valence-electron chi connectivity index (χ0n) is 25.1. The molecule has 13 heteroatoms. The third kappa shape index (κ3) is 7.54. The molecule has 0 atom stereocenters. The van der Waals surface area contributed by atoms with E-state index in [1.54, 1.807) is 6.92 Å². The molecule has 1 aliphatic carbocycles. The molecule has 2 N–H and O–H groups in total. The van der Waals surface area contributed by atoms with Crippen LogP contribution in [0.15, 0.2) is 36.4 Å². The van der Waals surface area contributed by atoms with Crippen molar-refractivity contribution in [1.82, 2.24) is 0 Å². The lowest BCUT2D eigenvalue weighted by atomic mass is 9.78. The molecule has 0 radical (unpaired) electrons. The number of carbonyl (C=O) groups excluding carboxylic acids is 1. The summed E-state index contributed by atoms with van der Waals surface area (Å²) in [4.78, 5) is 26.0. The summed E-state index contributed by atoms with van der Waals surface area (Å²) in [5, 5.41) is 22.4. The van der Waals surface area contributed by atoms with Gasteiger partial charge in [0.25, 0.3) is 0 Å². The molecule has 1 saturated carbocycles. The third-order valence-corrected chi connectivity index (χ3v) is 9.98. The molecule has 5 nitrogen and oxygen atoms in total. The van der Waals surface area contributed by atoms with Crippen LogP contribution in [0.2, 0.25) is 0 Å². The lowest BCUT2D eigenvalue weighted by Crippen LogP contribution is -2.35. The molecule has 246 valence electrons. The SMILES string of the molecule is Cc1cc(F)ccc1-c1sc(C2CCC(CC(=O)O)CC2)c(C#N)c1NCC(=O)C(C)(C)c1cc(C(F)(F)F)cc(C(F)(F)F)c1. The minimum atomic E-state index is -5.09. The van der Waals surface area contributed by atoms with E-state index in [2.05, 4.69) is 11.4 Å². The van der Waals surface area contributed by atoms with E-state index in [9.17, 15) is 50.7 Å². The molecule has 46 heavy (non-hydrogen) atoms. The Morgan fingerprint density at radius 2 is 1.52 bits per heavy atom. The summed E-state index contributed by atoms with van der Waals surface area (Å²) >= 11 is 1.29. The van der Waals surface area contributed by atoms with Crippen LogP contribution >= 0.6 is 11.3 Å². The number of anilines is 1. The van der Waals surface area contributed by atoms with E-state index in [-0.39, 0.29) is 35.6 Å². The molecule has 0 aliphatic heterocycles. The van der Waals surface area contributed by atoms with Gasteiger partial charge in [0.05, 0.1) is 39.2 Å². The number of hydrogen-bond acceptors (Lipinski definition) is 5. The lowest BCUT2D eigenvalue weighted by Gasteiger charge is -2.27. The second kappa shape index (κ2) is 13.1. The highest BCUT2D eigenvalue weighted by Crippen LogP contribution is 2.49. The van der Waals surface area contributed by atoms with Crippen molar-refractivity contribution in [3.8, 4) is 16.5 Å². The van der Waals surface area contributed by atoms with Gasteiger partial charge in [0.1, 0.15) is 11.9 Å². The monoisotopic (exact) mass is 668 g/mol. The minimum absolute atomic E-state index is 0.000825. The van der Waals surface area contributed by atoms with E-state index < -0.39 is 58.6 Å². The average Bonchev–Trinajstić information content (AvgIpc) is 3.32. The highest BCUT2D eigenvalue weighted by molar-refractivity contribution is 7.16. The van der Waals surface area contributed by atoms with Gasteiger partial charge in [-0.25, -0.2) is 4.39 Å². The summed E-state index contributed by atoms with van der Waals surface area (Å²) in [6.45, 7) is 3.61. The highest BCUT2D eigenvalue weighted by atomic mass is 32.1. The van der Waals surface area contributed by atoms with Crippen molar-refractivity contribution in [2.75, 3.05) is 11.9 Å². The Hall–Kier alpha value is -3.92. The molecular weight excluding hydrogens is 637 g/mol. The molecule has 1 heterocycles. The van der Waals surface area contributed by atoms with Gasteiger partial charge in [0.15, 0.2) is 5.78 Å². The van der Waals surface area contributed by atoms with Crippen molar-refractivity contribution in [3.05, 3.63) is 74.9 Å². The predicted octanol–water partition coefficient (Wildman–Crippen LogP) is 9.48. The van der Waals surface area contributed by atoms with Crippen molar-refractivity contribution in [1.29, 1.82) is 5.26 Å². The number of aliphatic carboxylic acids is 1. The fraction of sp³-hybridized carbons (Fsp3) is 0.424. The van der Waals surface area contributed by atoms with E-state index in [0.29, 0.717) is 58.7 Å². The molecule has 0 amide bonds. The second-order valence-electron chi connectivity index (χ2n) is 12.1. The van der Waals surface area contributed by atoms with Crippen molar-refractivity contribution in [2.24, 2.45) is 5.92 Å². The lowest BCUT2D eigenvalue weighted by molar-refractivity contribution is -0.143. The van der Waals surface area contributed by atoms with Crippen LogP contribution in [0, 0.1) is 30.0 Å². The Labute approximate surface area is 265 Å². The van der Waals surface area contributed by atoms with Crippen LogP contribution in [0.1, 0.15) is 84.6 Å². The maximum Gasteiger partial charge on any atom is 0.416 e. The van der Waals surface area contributed by atoms with Crippen LogP contribution in [-0.4, -0.2) is 23.4 Å². The Morgan fingerprint density at radius 1 is 0.957 bits per heavy atom. The molecule has 1 aromatic heterocycles. The molecule has 0 unspecified atom stereocenters. The Bertz CT molecular complexity index is 1650. The standard InChI is InChI=1S/C33H31F7N2O3S/c1-17-10-23(34)8-9-24(17)30-28(25(15-41)29(46-30)19-6-4-18(5-7-19)11-27(44)45)42-16-26(43)31(2,3)20-12-21(32(35,36)37)14-22(13-20)33(38,39)40/h8-10,12-14,18-19,42H,4-7,11,16H2,1-3H3,(H,44,45). The van der Waals surface area contributed by atoms with Crippen LogP contribution in [0.5, 0.6) is 0 Å². The number of aryl methyl sites for hydroxylation is 1. The van der Waals surface area contributed by atoms with Crippen LogP contribution in [0.25, 0.3) is 10.4 Å². The van der Waals surface area contributed by atoms with Crippen LogP contribution in [-0.2, 0) is 27.4 Å². The van der Waals surface area contributed by atoms with E-state index >= 15 is 0 Å². The number of nitrogens with zero attached hydrogens (tertiary/aromatic N) is 1. The number of hydrogen-bond donors (Lipinski definition) is 2. The van der Waals surface area contributed by atoms with E-state index in [1.807, 2.05) is 0 Å². The van der Waals surface area contributed by atoms with Crippen LogP contribution in [0.3, 0.4) is 0 Å². The number of rotatable bonds is 9. The topological polar surface area (TPSA) is 90.2 Å². The molecular formula is C33H31F7N2O3S. The average molecular weight is 669 g/mol. The Morgan fingerprint density at radius 3 is 2.02 bits per heavy atom. The van der Waals surface area contributed by atoms with Gasteiger partial charge in [-0.2, -0.15) is 31.6 Å². The summed E-state index contributed by atoms with van der Waals surface area (Å²) in [7, 11) is 0. The van der Waals surface area contributed by atoms with E-state index in [0.717, 1.165) is 0 Å². The van der Waals surface area contributed by atoms with Crippen molar-refractivity contribution in [3.63, 3.8) is 0 Å². The smallest absolute Gasteiger partial charge is 0.416 e. The number of alkyl halides is 6. The fourth-order valence-corrected chi connectivity index (χ4v) is 7.32. The fourth-order valence-electron chi connectivity index (χ4n) is 5.83. The number of nitriles is 1. The summed E-state index contributed by atoms with van der Waals surface area (Å²) in [6, 6.07) is 7.34. The molecule has 2 aromatic carbocycles. The number of nitrogens with one attached hydrogen (secondary N) is 1. The van der Waals surface area contributed by atoms with Crippen LogP contribution < -0.4 is 5.32 Å². The molecule has 0 bridgehead atoms. The number of carbonyl (C=O) groups is 2. The van der Waals surface area contributed by atoms with Gasteiger partial charge in [0.2, 0.25) is 0 Å². The second-order valence-corrected chi connectivity index (χ2v) is 13.2. The van der Waals surface area contributed by atoms with Crippen molar-refractivity contribution in [2.45, 2.75) is 76.6 Å². The summed E-state index contributed by atoms with van der Waals surface area (Å²) in [5.41, 5.74) is -3.73. The molecule has 0 spiro atoms. The van der Waals surface area contributed by atoms with Gasteiger partial charge in [0, 0.05) is 11.3 Å². The van der Waals surface area contributed by atoms with Crippen LogP contribution in [0.4, 0.5) is 36.4 Å². The number of carboxylic acid groups (broad SMARTS) is 1. The predicted molar refractivity (Wildman–Crippen MR) is 159 cm³/mol. The first-order valence-electron chi connectivity index (χ1n) is 14.4. The Balaban J connectivity index is 1.71. The molecule has 0 saturated heterocycles. The molecule has 1 aliphatic rings. The quantitative estimate of drug-likeness (QED) is 0.222. The summed E-state index contributed by atoms with van der Waals surface area (Å²) in [6.07, 6.45) is -7.61. The molecule has 1 fully saturated rings. The summed E-state index contributed by atoms with van der Waals surface area (Å²) in [5.74, 6) is -2.18. The maximum absolute atomic E-state index is 14.0. The zero-order valence-corrected chi connectivity index (χ0v) is 25.9. The largest absolute Gasteiger partial charge is 0.481 e. The highest BCUT2D eigenvalue weighted by Gasteiger charge is 2.40. The number of Topliss-reactive ketones (excluding diaryl/α,β-unsaturated/α-hetero) is 1. The van der Waals surface area contributed by atoms with Gasteiger partial charge in [-0.1, -0.05) is 6.07 Å². The Kier molecular flexibility index (Phi) is 9.92. The van der Waals surface area contributed by atoms with E-state index in [4.69, 9.17) is 0 Å². The zero-order chi connectivity index (χ0) is 34.2. The first-order chi connectivity index (χ1) is 21.3. The molecule has 4 rings (SSSR count). The first-order valence-corrected chi connectivity index (χ1v) is 15.3. The van der Waals surface area contributed by atoms with E-state index in [1.165, 1.54) is 43.4 Å². The maximum atomic E-state index is 14.0. The van der Waals surface area contributed by atoms with Gasteiger partial charge in [-0.3, -0.25) is 9.59 Å². The number of thiophene rings is 1. The number of halogens is 7. The van der Waals surface area contributed by atoms with Crippen molar-refractivity contribution < 1.29 is 45.4 Å². The van der Waals surface area contributed by atoms with Gasteiger partial charge in [-0.15, -0.1) is 11.3 Å². The third-order valence-electron chi connectivity index (χ3n) is 8.59. The molecule has 3 aromatic rings. The summed E-state index contributed by atoms with van der Waals surface area (Å²) < 4.78 is 95.2. The number of carboxylic acids is 1. The van der Waals surface area contributed by atoms with Gasteiger partial charge < -0.3 is 10.4 Å². The number of benzene rings is 2.